The molecule has 1 aliphatic carbocycles. The average Bonchev–Trinajstić information content (AvgIpc) is 3.55. The van der Waals surface area contributed by atoms with E-state index in [2.05, 4.69) is 146 Å². The first-order valence-electron chi connectivity index (χ1n) is 17.0. The minimum atomic E-state index is -0.273. The Balaban J connectivity index is 1.16. The zero-order valence-corrected chi connectivity index (χ0v) is 30.1. The van der Waals surface area contributed by atoms with Gasteiger partial charge in [-0.05, 0) is 98.8 Å². The summed E-state index contributed by atoms with van der Waals surface area (Å²) in [6, 6.07) is 28.9. The quantitative estimate of drug-likeness (QED) is 0.192. The molecular formula is C43H41N3OS. The summed E-state index contributed by atoms with van der Waals surface area (Å²) in [6.45, 7) is 20.6. The molecule has 6 aromatic rings. The summed E-state index contributed by atoms with van der Waals surface area (Å²) in [6.07, 6.45) is 1.91. The molecule has 4 aromatic carbocycles. The highest BCUT2D eigenvalue weighted by Gasteiger charge is 2.65. The minimum Gasteiger partial charge on any atom is -0.457 e. The molecule has 0 fully saturated rings. The van der Waals surface area contributed by atoms with Gasteiger partial charge in [0.15, 0.2) is 0 Å². The van der Waals surface area contributed by atoms with Gasteiger partial charge < -0.3 is 4.74 Å². The van der Waals surface area contributed by atoms with Gasteiger partial charge in [0.1, 0.15) is 17.3 Å². The molecule has 5 heteroatoms. The van der Waals surface area contributed by atoms with E-state index in [-0.39, 0.29) is 21.1 Å². The lowest BCUT2D eigenvalue weighted by Gasteiger charge is -2.40. The fourth-order valence-corrected chi connectivity index (χ4v) is 10.6. The fraction of sp³-hybridized carbons (Fsp3) is 0.302. The van der Waals surface area contributed by atoms with Crippen LogP contribution in [0.25, 0.3) is 27.6 Å². The maximum atomic E-state index is 6.84. The Kier molecular flexibility index (Phi) is 5.84. The van der Waals surface area contributed by atoms with Crippen molar-refractivity contribution in [2.75, 3.05) is 0 Å². The molecule has 240 valence electrons. The van der Waals surface area contributed by atoms with Crippen LogP contribution in [0, 0.1) is 20.8 Å². The summed E-state index contributed by atoms with van der Waals surface area (Å²) >= 11 is 1.90. The summed E-state index contributed by atoms with van der Waals surface area (Å²) in [7, 11) is 0. The summed E-state index contributed by atoms with van der Waals surface area (Å²) in [5.74, 6) is 2.68. The number of rotatable bonds is 3. The van der Waals surface area contributed by atoms with E-state index >= 15 is 0 Å². The van der Waals surface area contributed by atoms with Crippen molar-refractivity contribution in [3.8, 4) is 17.3 Å². The third kappa shape index (κ3) is 3.63. The molecule has 4 heterocycles. The number of fused-ring (bicyclic) bond motifs is 8. The smallest absolute Gasteiger partial charge is 0.141 e. The van der Waals surface area contributed by atoms with Gasteiger partial charge in [-0.25, -0.2) is 4.98 Å². The van der Waals surface area contributed by atoms with Crippen LogP contribution in [0.4, 0.5) is 0 Å². The summed E-state index contributed by atoms with van der Waals surface area (Å²) in [4.78, 5) is 10.5. The molecule has 2 atom stereocenters. The largest absolute Gasteiger partial charge is 0.457 e. The van der Waals surface area contributed by atoms with Crippen molar-refractivity contribution < 1.29 is 4.74 Å². The van der Waals surface area contributed by atoms with Crippen LogP contribution in [0.15, 0.2) is 90.1 Å². The molecule has 9 rings (SSSR count). The topological polar surface area (TPSA) is 39.4 Å². The summed E-state index contributed by atoms with van der Waals surface area (Å²) < 4.78 is 9.05. The van der Waals surface area contributed by atoms with Crippen molar-refractivity contribution in [3.05, 3.63) is 130 Å². The molecule has 48 heavy (non-hydrogen) atoms. The molecule has 0 saturated heterocycles. The number of aromatic nitrogens is 2. The Morgan fingerprint density at radius 1 is 0.708 bits per heavy atom. The number of hydrogen-bond donors (Lipinski definition) is 0. The van der Waals surface area contributed by atoms with Crippen molar-refractivity contribution in [2.24, 2.45) is 4.99 Å². The van der Waals surface area contributed by atoms with E-state index in [1.165, 1.54) is 44.1 Å². The highest BCUT2D eigenvalue weighted by atomic mass is 32.2. The second-order valence-corrected chi connectivity index (χ2v) is 17.0. The number of hydrogen-bond acceptors (Lipinski definition) is 4. The van der Waals surface area contributed by atoms with Crippen LogP contribution in [0.2, 0.25) is 0 Å². The molecule has 2 aliphatic heterocycles. The van der Waals surface area contributed by atoms with E-state index in [9.17, 15) is 0 Å². The van der Waals surface area contributed by atoms with Crippen molar-refractivity contribution in [2.45, 2.75) is 83.4 Å². The third-order valence-electron chi connectivity index (χ3n) is 12.1. The maximum Gasteiger partial charge on any atom is 0.141 e. The van der Waals surface area contributed by atoms with Crippen LogP contribution >= 0.6 is 11.8 Å². The number of ether oxygens (including phenoxy) is 1. The van der Waals surface area contributed by atoms with Crippen molar-refractivity contribution in [3.63, 3.8) is 0 Å². The first kappa shape index (κ1) is 29.8. The van der Waals surface area contributed by atoms with E-state index < -0.39 is 0 Å². The molecular weight excluding hydrogens is 607 g/mol. The first-order valence-corrected chi connectivity index (χ1v) is 17.8. The Morgan fingerprint density at radius 2 is 1.44 bits per heavy atom. The Hall–Kier alpha value is -4.35. The fourth-order valence-electron chi connectivity index (χ4n) is 9.00. The average molecular weight is 648 g/mol. The van der Waals surface area contributed by atoms with E-state index in [0.717, 1.165) is 44.6 Å². The number of aryl methyl sites for hydroxylation is 3. The lowest BCUT2D eigenvalue weighted by molar-refractivity contribution is 0.264. The minimum absolute atomic E-state index is 0.0924. The zero-order valence-electron chi connectivity index (χ0n) is 29.2. The molecule has 0 N–H and O–H groups in total. The van der Waals surface area contributed by atoms with Crippen LogP contribution < -0.4 is 4.74 Å². The van der Waals surface area contributed by atoms with E-state index in [1.807, 2.05) is 18.0 Å². The third-order valence-corrected chi connectivity index (χ3v) is 13.6. The van der Waals surface area contributed by atoms with E-state index in [1.54, 1.807) is 0 Å². The Labute approximate surface area is 287 Å². The van der Waals surface area contributed by atoms with Gasteiger partial charge in [-0.2, -0.15) is 0 Å². The highest BCUT2D eigenvalue weighted by Crippen LogP contribution is 2.66. The molecule has 4 nitrogen and oxygen atoms in total. The van der Waals surface area contributed by atoms with Crippen LogP contribution in [-0.2, 0) is 15.6 Å². The van der Waals surface area contributed by atoms with E-state index in [0.29, 0.717) is 0 Å². The molecule has 0 radical (unpaired) electrons. The van der Waals surface area contributed by atoms with Gasteiger partial charge in [-0.3, -0.25) is 9.56 Å². The van der Waals surface area contributed by atoms with Crippen LogP contribution in [-0.4, -0.2) is 20.1 Å². The van der Waals surface area contributed by atoms with Crippen LogP contribution in [0.1, 0.15) is 86.1 Å². The number of pyridine rings is 1. The lowest BCUT2D eigenvalue weighted by atomic mass is 9.71. The van der Waals surface area contributed by atoms with Crippen molar-refractivity contribution >= 4 is 38.6 Å². The molecule has 0 spiro atoms. The molecule has 0 saturated carbocycles. The summed E-state index contributed by atoms with van der Waals surface area (Å²) in [5, 5.41) is 3.58. The van der Waals surface area contributed by atoms with Gasteiger partial charge in [0.05, 0.1) is 26.4 Å². The Bertz CT molecular complexity index is 2430. The van der Waals surface area contributed by atoms with Gasteiger partial charge in [-0.1, -0.05) is 81.4 Å². The van der Waals surface area contributed by atoms with Crippen LogP contribution in [0.5, 0.6) is 11.5 Å². The van der Waals surface area contributed by atoms with Gasteiger partial charge >= 0.3 is 0 Å². The zero-order chi connectivity index (χ0) is 33.5. The number of benzene rings is 4. The van der Waals surface area contributed by atoms with Gasteiger partial charge in [0, 0.05) is 45.0 Å². The molecule has 0 bridgehead atoms. The monoisotopic (exact) mass is 647 g/mol. The predicted octanol–water partition coefficient (Wildman–Crippen LogP) is 11.0. The predicted molar refractivity (Wildman–Crippen MR) is 201 cm³/mol. The second-order valence-electron chi connectivity index (χ2n) is 15.6. The van der Waals surface area contributed by atoms with Crippen molar-refractivity contribution in [1.82, 2.24) is 9.55 Å². The number of aliphatic imine (C=N–C) groups is 1. The molecule has 0 unspecified atom stereocenters. The normalized spacial score (nSPS) is 22.8. The summed E-state index contributed by atoms with van der Waals surface area (Å²) in [5.41, 5.74) is 11.9. The Morgan fingerprint density at radius 3 is 2.23 bits per heavy atom. The second kappa shape index (κ2) is 9.41. The first-order chi connectivity index (χ1) is 22.7. The van der Waals surface area contributed by atoms with E-state index in [4.69, 9.17) is 14.7 Å². The van der Waals surface area contributed by atoms with Gasteiger partial charge in [0.25, 0.3) is 0 Å². The molecule has 0 amide bonds. The SMILES string of the molecule is Cc1cc(Oc2cc3c(cc2C)c2cc(C)cc4c2n3-c2ncccc2C4(C)C)cc(C2=N[C@]3(C)C(C)(C)c4ccccc4[C@]3(C)S2)c1. The van der Waals surface area contributed by atoms with Gasteiger partial charge in [-0.15, -0.1) is 0 Å². The number of thioether (sulfide) groups is 1. The molecule has 2 aromatic heterocycles. The lowest BCUT2D eigenvalue weighted by Crippen LogP contribution is -2.47. The number of nitrogens with zero attached hydrogens (tertiary/aromatic N) is 3. The highest BCUT2D eigenvalue weighted by molar-refractivity contribution is 8.15. The van der Waals surface area contributed by atoms with Crippen molar-refractivity contribution in [1.29, 1.82) is 0 Å². The van der Waals surface area contributed by atoms with Gasteiger partial charge in [0.2, 0.25) is 0 Å². The molecule has 3 aliphatic rings. The standard InChI is InChI=1S/C43H41N3OS/c1-24-17-27(39-45-43(9)41(6,7)31-13-10-11-14-32(31)42(43,8)48-39)22-28(18-24)47-36-23-35-29(21-26(36)3)30-19-25(2)20-34-37(30)46(35)38-33(40(34,4)5)15-12-16-44-38/h10-23H,1-9H3/t42-,43+/m0/s1. The maximum absolute atomic E-state index is 6.84. The van der Waals surface area contributed by atoms with Crippen LogP contribution in [0.3, 0.4) is 0 Å².